The van der Waals surface area contributed by atoms with Gasteiger partial charge in [0.2, 0.25) is 0 Å². The lowest BCUT2D eigenvalue weighted by Gasteiger charge is -2.41. The molecule has 0 spiro atoms. The second kappa shape index (κ2) is 11.1. The fourth-order valence-electron chi connectivity index (χ4n) is 4.84. The van der Waals surface area contributed by atoms with Crippen molar-refractivity contribution in [2.24, 2.45) is 0 Å². The summed E-state index contributed by atoms with van der Waals surface area (Å²) in [4.78, 5) is 32.6. The summed E-state index contributed by atoms with van der Waals surface area (Å²) in [5, 5.41) is 3.75. The van der Waals surface area contributed by atoms with E-state index in [0.29, 0.717) is 18.7 Å². The first-order chi connectivity index (χ1) is 16.9. The molecule has 2 aromatic rings. The van der Waals surface area contributed by atoms with Gasteiger partial charge in [0.25, 0.3) is 0 Å². The Morgan fingerprint density at radius 2 is 1.80 bits per heavy atom. The minimum Gasteiger partial charge on any atom is -0.463 e. The van der Waals surface area contributed by atoms with Crippen molar-refractivity contribution >= 4 is 29.3 Å². The number of amides is 2. The van der Waals surface area contributed by atoms with Crippen LogP contribution in [0.5, 0.6) is 0 Å². The van der Waals surface area contributed by atoms with Gasteiger partial charge in [-0.2, -0.15) is 0 Å². The molecular formula is C27H33ClN4O3. The van der Waals surface area contributed by atoms with E-state index >= 15 is 0 Å². The Balaban J connectivity index is 1.62. The molecule has 35 heavy (non-hydrogen) atoms. The third-order valence-corrected chi connectivity index (χ3v) is 6.88. The minimum atomic E-state index is -0.545. The first kappa shape index (κ1) is 25.1. The van der Waals surface area contributed by atoms with Gasteiger partial charge in [0.15, 0.2) is 0 Å². The van der Waals surface area contributed by atoms with Crippen LogP contribution < -0.4 is 10.2 Å². The van der Waals surface area contributed by atoms with Crippen molar-refractivity contribution in [1.29, 1.82) is 0 Å². The van der Waals surface area contributed by atoms with Crippen molar-refractivity contribution < 1.29 is 14.3 Å². The first-order valence-electron chi connectivity index (χ1n) is 12.2. The van der Waals surface area contributed by atoms with E-state index in [9.17, 15) is 9.59 Å². The van der Waals surface area contributed by atoms with Crippen LogP contribution in [0, 0.1) is 6.92 Å². The van der Waals surface area contributed by atoms with Gasteiger partial charge >= 0.3 is 12.0 Å². The van der Waals surface area contributed by atoms with Crippen LogP contribution in [0.3, 0.4) is 0 Å². The molecule has 1 fully saturated rings. The Labute approximate surface area is 212 Å². The smallest absolute Gasteiger partial charge is 0.338 e. The molecule has 0 aliphatic carbocycles. The van der Waals surface area contributed by atoms with E-state index < -0.39 is 6.04 Å². The summed E-state index contributed by atoms with van der Waals surface area (Å²) < 4.78 is 5.47. The maximum Gasteiger partial charge on any atom is 0.338 e. The number of likely N-dealkylation sites (N-methyl/N-ethyl adjacent to an activating group) is 1. The number of ether oxygens (including phenoxy) is 1. The quantitative estimate of drug-likeness (QED) is 0.576. The highest BCUT2D eigenvalue weighted by Gasteiger charge is 2.38. The zero-order valence-electron chi connectivity index (χ0n) is 20.6. The van der Waals surface area contributed by atoms with Gasteiger partial charge in [0, 0.05) is 55.7 Å². The van der Waals surface area contributed by atoms with E-state index in [-0.39, 0.29) is 18.6 Å². The molecule has 2 aliphatic rings. The molecule has 7 nitrogen and oxygen atoms in total. The van der Waals surface area contributed by atoms with Crippen LogP contribution in [0.25, 0.3) is 0 Å². The molecule has 2 amide bonds. The monoisotopic (exact) mass is 496 g/mol. The predicted molar refractivity (Wildman–Crippen MR) is 139 cm³/mol. The van der Waals surface area contributed by atoms with Crippen molar-refractivity contribution in [3.63, 3.8) is 0 Å². The van der Waals surface area contributed by atoms with Crippen molar-refractivity contribution in [1.82, 2.24) is 15.1 Å². The number of anilines is 1. The zero-order valence-corrected chi connectivity index (χ0v) is 21.3. The fourth-order valence-corrected chi connectivity index (χ4v) is 5.00. The summed E-state index contributed by atoms with van der Waals surface area (Å²) in [7, 11) is 0. The standard InChI is InChI=1S/C27H33ClN4O3/c1-4-32-23(18-30-13-15-31(16-14-30)22-17-21(28)12-11-19(22)3)24(26(33)35-5-2)25(29-27(32)34)20-9-7-6-8-10-20/h6-12,17,25H,4-5,13-16,18H2,1-3H3,(H,29,34)/t25-/m0/s1. The average Bonchev–Trinajstić information content (AvgIpc) is 2.86. The molecule has 1 atom stereocenters. The number of carbonyl (C=O) groups excluding carboxylic acids is 2. The Kier molecular flexibility index (Phi) is 7.98. The van der Waals surface area contributed by atoms with Crippen molar-refractivity contribution in [3.8, 4) is 0 Å². The van der Waals surface area contributed by atoms with Crippen LogP contribution in [0.4, 0.5) is 10.5 Å². The number of halogens is 1. The number of esters is 1. The van der Waals surface area contributed by atoms with Crippen molar-refractivity contribution in [2.75, 3.05) is 50.8 Å². The number of carbonyl (C=O) groups is 2. The molecule has 2 aliphatic heterocycles. The number of nitrogens with zero attached hydrogens (tertiary/aromatic N) is 3. The van der Waals surface area contributed by atoms with Crippen LogP contribution in [0.2, 0.25) is 5.02 Å². The minimum absolute atomic E-state index is 0.197. The van der Waals surface area contributed by atoms with Crippen LogP contribution in [-0.2, 0) is 9.53 Å². The second-order valence-corrected chi connectivity index (χ2v) is 9.25. The molecule has 0 aromatic heterocycles. The topological polar surface area (TPSA) is 65.1 Å². The van der Waals surface area contributed by atoms with Gasteiger partial charge in [-0.25, -0.2) is 9.59 Å². The van der Waals surface area contributed by atoms with Gasteiger partial charge in [-0.1, -0.05) is 48.0 Å². The maximum absolute atomic E-state index is 13.2. The molecule has 186 valence electrons. The van der Waals surface area contributed by atoms with E-state index in [1.165, 1.54) is 5.56 Å². The number of piperazine rings is 1. The first-order valence-corrected chi connectivity index (χ1v) is 12.6. The summed E-state index contributed by atoms with van der Waals surface area (Å²) in [6, 6.07) is 14.8. The third-order valence-electron chi connectivity index (χ3n) is 6.64. The summed E-state index contributed by atoms with van der Waals surface area (Å²) in [6.07, 6.45) is 0. The number of rotatable bonds is 7. The predicted octanol–water partition coefficient (Wildman–Crippen LogP) is 4.37. The molecule has 2 aromatic carbocycles. The SMILES string of the molecule is CCOC(=O)C1=C(CN2CCN(c3cc(Cl)ccc3C)CC2)N(CC)C(=O)N[C@H]1c1ccccc1. The highest BCUT2D eigenvalue weighted by molar-refractivity contribution is 6.30. The second-order valence-electron chi connectivity index (χ2n) is 8.81. The van der Waals surface area contributed by atoms with Crippen LogP contribution in [0.15, 0.2) is 59.8 Å². The number of nitrogens with one attached hydrogen (secondary N) is 1. The number of hydrogen-bond acceptors (Lipinski definition) is 5. The van der Waals surface area contributed by atoms with Gasteiger partial charge in [0.1, 0.15) is 0 Å². The highest BCUT2D eigenvalue weighted by Crippen LogP contribution is 2.32. The molecule has 1 saturated heterocycles. The van der Waals surface area contributed by atoms with E-state index in [2.05, 4.69) is 22.0 Å². The van der Waals surface area contributed by atoms with Crippen LogP contribution >= 0.6 is 11.6 Å². The summed E-state index contributed by atoms with van der Waals surface area (Å²) in [6.45, 7) is 10.3. The maximum atomic E-state index is 13.2. The Morgan fingerprint density at radius 3 is 2.46 bits per heavy atom. The van der Waals surface area contributed by atoms with Crippen LogP contribution in [-0.4, -0.2) is 67.7 Å². The number of aryl methyl sites for hydroxylation is 1. The zero-order chi connectivity index (χ0) is 24.9. The molecule has 8 heteroatoms. The molecule has 0 saturated carbocycles. The molecule has 1 N–H and O–H groups in total. The summed E-state index contributed by atoms with van der Waals surface area (Å²) >= 11 is 6.24. The number of urea groups is 1. The lowest BCUT2D eigenvalue weighted by atomic mass is 9.94. The highest BCUT2D eigenvalue weighted by atomic mass is 35.5. The average molecular weight is 497 g/mol. The summed E-state index contributed by atoms with van der Waals surface area (Å²) in [5.41, 5.74) is 4.43. The van der Waals surface area contributed by atoms with Gasteiger partial charge < -0.3 is 15.0 Å². The van der Waals surface area contributed by atoms with E-state index in [1.54, 1.807) is 11.8 Å². The van der Waals surface area contributed by atoms with Crippen molar-refractivity contribution in [3.05, 3.63) is 76.0 Å². The Morgan fingerprint density at radius 1 is 1.09 bits per heavy atom. The van der Waals surface area contributed by atoms with Gasteiger partial charge in [-0.05, 0) is 44.0 Å². The number of benzene rings is 2. The Bertz CT molecular complexity index is 1100. The summed E-state index contributed by atoms with van der Waals surface area (Å²) in [5.74, 6) is -0.386. The molecular weight excluding hydrogens is 464 g/mol. The third kappa shape index (κ3) is 5.46. The lowest BCUT2D eigenvalue weighted by molar-refractivity contribution is -0.139. The lowest BCUT2D eigenvalue weighted by Crippen LogP contribution is -2.53. The molecule has 0 unspecified atom stereocenters. The number of hydrogen-bond donors (Lipinski definition) is 1. The van der Waals surface area contributed by atoms with E-state index in [0.717, 1.165) is 48.1 Å². The van der Waals surface area contributed by atoms with Gasteiger partial charge in [-0.15, -0.1) is 0 Å². The normalized spacial score (nSPS) is 19.1. The Hall–Kier alpha value is -3.03. The van der Waals surface area contributed by atoms with E-state index in [1.807, 2.05) is 55.5 Å². The molecule has 2 heterocycles. The molecule has 4 rings (SSSR count). The molecule has 0 bridgehead atoms. The fraction of sp³-hybridized carbons (Fsp3) is 0.407. The largest absolute Gasteiger partial charge is 0.463 e. The molecule has 0 radical (unpaired) electrons. The van der Waals surface area contributed by atoms with Crippen molar-refractivity contribution in [2.45, 2.75) is 26.8 Å². The van der Waals surface area contributed by atoms with Crippen LogP contribution in [0.1, 0.15) is 31.0 Å². The van der Waals surface area contributed by atoms with Gasteiger partial charge in [0.05, 0.1) is 18.2 Å². The van der Waals surface area contributed by atoms with Gasteiger partial charge in [-0.3, -0.25) is 9.80 Å². The van der Waals surface area contributed by atoms with E-state index in [4.69, 9.17) is 16.3 Å².